The molecule has 2 aromatic carbocycles. The van der Waals surface area contributed by atoms with Crippen molar-refractivity contribution in [2.75, 3.05) is 0 Å². The molecule has 0 nitrogen and oxygen atoms in total. The number of hydrogen-bond acceptors (Lipinski definition) is 0. The van der Waals surface area contributed by atoms with Gasteiger partial charge in [0.2, 0.25) is 0 Å². The van der Waals surface area contributed by atoms with Crippen LogP contribution in [-0.4, -0.2) is 0 Å². The van der Waals surface area contributed by atoms with Gasteiger partial charge in [0, 0.05) is 0 Å². The lowest BCUT2D eigenvalue weighted by Crippen LogP contribution is -2.25. The molecule has 2 aromatic rings. The van der Waals surface area contributed by atoms with E-state index in [0.29, 0.717) is 5.92 Å². The van der Waals surface area contributed by atoms with Crippen LogP contribution in [0.5, 0.6) is 0 Å². The van der Waals surface area contributed by atoms with Crippen molar-refractivity contribution in [3.63, 3.8) is 0 Å². The third kappa shape index (κ3) is 5.54. The molecule has 2 fully saturated rings. The van der Waals surface area contributed by atoms with Crippen LogP contribution in [0, 0.1) is 17.7 Å². The fourth-order valence-electron chi connectivity index (χ4n) is 6.14. The van der Waals surface area contributed by atoms with Crippen LogP contribution in [-0.2, 0) is 6.42 Å². The van der Waals surface area contributed by atoms with Gasteiger partial charge in [0.25, 0.3) is 0 Å². The SMILES string of the molecule is CCCCCc1ccc(C2CCC(C3CCC(c4cccc(F)c4)CC3)CC2)cc1. The highest BCUT2D eigenvalue weighted by atomic mass is 19.1. The Morgan fingerprint density at radius 3 is 1.87 bits per heavy atom. The summed E-state index contributed by atoms with van der Waals surface area (Å²) in [6.07, 6.45) is 15.9. The van der Waals surface area contributed by atoms with E-state index in [4.69, 9.17) is 0 Å². The lowest BCUT2D eigenvalue weighted by atomic mass is 9.67. The molecule has 0 aliphatic heterocycles. The topological polar surface area (TPSA) is 0 Å². The van der Waals surface area contributed by atoms with E-state index >= 15 is 0 Å². The molecule has 2 saturated carbocycles. The summed E-state index contributed by atoms with van der Waals surface area (Å²) in [5.41, 5.74) is 4.30. The maximum Gasteiger partial charge on any atom is 0.123 e. The van der Waals surface area contributed by atoms with E-state index in [-0.39, 0.29) is 5.82 Å². The Hall–Kier alpha value is -1.63. The Balaban J connectivity index is 1.23. The van der Waals surface area contributed by atoms with Crippen molar-refractivity contribution in [2.45, 2.75) is 95.8 Å². The monoisotopic (exact) mass is 406 g/mol. The van der Waals surface area contributed by atoms with E-state index in [1.54, 1.807) is 17.7 Å². The molecule has 0 radical (unpaired) electrons. The second kappa shape index (κ2) is 10.6. The second-order valence-electron chi connectivity index (χ2n) is 9.98. The zero-order valence-corrected chi connectivity index (χ0v) is 18.8. The predicted molar refractivity (Wildman–Crippen MR) is 125 cm³/mol. The van der Waals surface area contributed by atoms with E-state index in [1.807, 2.05) is 6.07 Å². The molecule has 0 spiro atoms. The molecule has 162 valence electrons. The van der Waals surface area contributed by atoms with Crippen molar-refractivity contribution >= 4 is 0 Å². The summed E-state index contributed by atoms with van der Waals surface area (Å²) < 4.78 is 13.6. The molecule has 0 saturated heterocycles. The molecule has 1 heteroatoms. The molecule has 2 aliphatic rings. The van der Waals surface area contributed by atoms with Crippen molar-refractivity contribution < 1.29 is 4.39 Å². The van der Waals surface area contributed by atoms with Crippen LogP contribution < -0.4 is 0 Å². The highest BCUT2D eigenvalue weighted by Crippen LogP contribution is 2.45. The molecular formula is C29H39F. The Morgan fingerprint density at radius 2 is 1.30 bits per heavy atom. The average Bonchev–Trinajstić information content (AvgIpc) is 2.80. The van der Waals surface area contributed by atoms with Gasteiger partial charge in [-0.25, -0.2) is 4.39 Å². The van der Waals surface area contributed by atoms with Crippen LogP contribution in [0.4, 0.5) is 4.39 Å². The number of halogens is 1. The first-order valence-corrected chi connectivity index (χ1v) is 12.6. The summed E-state index contributed by atoms with van der Waals surface area (Å²) in [5.74, 6) is 3.08. The van der Waals surface area contributed by atoms with Crippen molar-refractivity contribution in [1.82, 2.24) is 0 Å². The number of aryl methyl sites for hydroxylation is 1. The predicted octanol–water partition coefficient (Wildman–Crippen LogP) is 8.81. The zero-order chi connectivity index (χ0) is 20.8. The van der Waals surface area contributed by atoms with Crippen molar-refractivity contribution in [3.05, 3.63) is 71.0 Å². The molecule has 0 aromatic heterocycles. The van der Waals surface area contributed by atoms with Crippen LogP contribution in [0.2, 0.25) is 0 Å². The summed E-state index contributed by atoms with van der Waals surface area (Å²) in [6.45, 7) is 2.27. The van der Waals surface area contributed by atoms with E-state index in [0.717, 1.165) is 17.8 Å². The van der Waals surface area contributed by atoms with E-state index in [1.165, 1.54) is 88.2 Å². The van der Waals surface area contributed by atoms with E-state index < -0.39 is 0 Å². The molecule has 2 aliphatic carbocycles. The molecule has 30 heavy (non-hydrogen) atoms. The van der Waals surface area contributed by atoms with Crippen molar-refractivity contribution in [3.8, 4) is 0 Å². The molecule has 0 amide bonds. The Bertz CT molecular complexity index is 761. The first kappa shape index (κ1) is 21.6. The minimum absolute atomic E-state index is 0.0815. The van der Waals surface area contributed by atoms with Crippen molar-refractivity contribution in [2.24, 2.45) is 11.8 Å². The third-order valence-corrected chi connectivity index (χ3v) is 8.05. The summed E-state index contributed by atoms with van der Waals surface area (Å²) >= 11 is 0. The Kier molecular flexibility index (Phi) is 7.63. The van der Waals surface area contributed by atoms with Crippen LogP contribution in [0.3, 0.4) is 0 Å². The highest BCUT2D eigenvalue weighted by molar-refractivity contribution is 5.26. The average molecular weight is 407 g/mol. The molecule has 0 heterocycles. The number of unbranched alkanes of at least 4 members (excludes halogenated alkanes) is 2. The Morgan fingerprint density at radius 1 is 0.700 bits per heavy atom. The maximum absolute atomic E-state index is 13.6. The van der Waals surface area contributed by atoms with Gasteiger partial charge in [-0.3, -0.25) is 0 Å². The van der Waals surface area contributed by atoms with Gasteiger partial charge >= 0.3 is 0 Å². The zero-order valence-electron chi connectivity index (χ0n) is 18.8. The quantitative estimate of drug-likeness (QED) is 0.403. The highest BCUT2D eigenvalue weighted by Gasteiger charge is 2.31. The lowest BCUT2D eigenvalue weighted by Gasteiger charge is -2.38. The largest absolute Gasteiger partial charge is 0.207 e. The van der Waals surface area contributed by atoms with Crippen LogP contribution >= 0.6 is 0 Å². The molecular weight excluding hydrogens is 367 g/mol. The van der Waals surface area contributed by atoms with Gasteiger partial charge in [0.1, 0.15) is 5.82 Å². The van der Waals surface area contributed by atoms with Gasteiger partial charge in [-0.2, -0.15) is 0 Å². The van der Waals surface area contributed by atoms with Crippen LogP contribution in [0.1, 0.15) is 106 Å². The van der Waals surface area contributed by atoms with Crippen molar-refractivity contribution in [1.29, 1.82) is 0 Å². The smallest absolute Gasteiger partial charge is 0.123 e. The summed E-state index contributed by atoms with van der Waals surface area (Å²) in [5, 5.41) is 0. The fraction of sp³-hybridized carbons (Fsp3) is 0.586. The minimum atomic E-state index is -0.0815. The van der Waals surface area contributed by atoms with Gasteiger partial charge in [-0.05, 0) is 117 Å². The molecule has 4 rings (SSSR count). The van der Waals surface area contributed by atoms with E-state index in [2.05, 4.69) is 37.3 Å². The van der Waals surface area contributed by atoms with Crippen LogP contribution in [0.15, 0.2) is 48.5 Å². The molecule has 0 atom stereocenters. The Labute approximate surface area is 183 Å². The number of hydrogen-bond donors (Lipinski definition) is 0. The van der Waals surface area contributed by atoms with E-state index in [9.17, 15) is 4.39 Å². The van der Waals surface area contributed by atoms with Gasteiger partial charge < -0.3 is 0 Å². The normalized spacial score (nSPS) is 27.1. The number of benzene rings is 2. The molecule has 0 unspecified atom stereocenters. The second-order valence-corrected chi connectivity index (χ2v) is 9.98. The first-order chi connectivity index (χ1) is 14.7. The summed E-state index contributed by atoms with van der Waals surface area (Å²) in [6, 6.07) is 16.9. The summed E-state index contributed by atoms with van der Waals surface area (Å²) in [7, 11) is 0. The van der Waals surface area contributed by atoms with Gasteiger partial charge in [0.15, 0.2) is 0 Å². The molecule has 0 N–H and O–H groups in total. The standard InChI is InChI=1S/C29H39F/c1-2-3-4-6-22-9-11-23(12-10-22)24-13-15-25(16-14-24)26-17-19-27(20-18-26)28-7-5-8-29(30)21-28/h5,7-12,21,24-27H,2-4,6,13-20H2,1H3. The third-order valence-electron chi connectivity index (χ3n) is 8.05. The van der Waals surface area contributed by atoms with Gasteiger partial charge in [0.05, 0.1) is 0 Å². The van der Waals surface area contributed by atoms with Crippen LogP contribution in [0.25, 0.3) is 0 Å². The number of rotatable bonds is 7. The molecule has 0 bridgehead atoms. The lowest BCUT2D eigenvalue weighted by molar-refractivity contribution is 0.177. The fourth-order valence-corrected chi connectivity index (χ4v) is 6.14. The maximum atomic E-state index is 13.6. The minimum Gasteiger partial charge on any atom is -0.207 e. The summed E-state index contributed by atoms with van der Waals surface area (Å²) in [4.78, 5) is 0. The first-order valence-electron chi connectivity index (χ1n) is 12.6. The van der Waals surface area contributed by atoms with Gasteiger partial charge in [-0.1, -0.05) is 56.2 Å². The van der Waals surface area contributed by atoms with Gasteiger partial charge in [-0.15, -0.1) is 0 Å².